The molecule has 1 fully saturated rings. The number of aryl methyl sites for hydroxylation is 1. The van der Waals surface area contributed by atoms with Crippen LogP contribution in [0.3, 0.4) is 0 Å². The van der Waals surface area contributed by atoms with E-state index in [-0.39, 0.29) is 54.7 Å². The molecule has 1 atom stereocenters. The van der Waals surface area contributed by atoms with Gasteiger partial charge in [-0.1, -0.05) is 17.7 Å². The van der Waals surface area contributed by atoms with Gasteiger partial charge in [-0.25, -0.2) is 13.1 Å². The van der Waals surface area contributed by atoms with Gasteiger partial charge in [-0.15, -0.1) is 12.4 Å². The minimum absolute atomic E-state index is 0. The first-order valence-electron chi connectivity index (χ1n) is 8.62. The number of hydrogen-bond donors (Lipinski definition) is 3. The molecule has 1 aliphatic rings. The van der Waals surface area contributed by atoms with Gasteiger partial charge in [0.1, 0.15) is 0 Å². The maximum absolute atomic E-state index is 12.4. The first-order chi connectivity index (χ1) is 12.3. The van der Waals surface area contributed by atoms with Crippen LogP contribution in [0.15, 0.2) is 29.2 Å². The van der Waals surface area contributed by atoms with Crippen molar-refractivity contribution in [3.63, 3.8) is 0 Å². The summed E-state index contributed by atoms with van der Waals surface area (Å²) in [5.74, 6) is -0.520. The lowest BCUT2D eigenvalue weighted by Gasteiger charge is -2.33. The van der Waals surface area contributed by atoms with Crippen LogP contribution < -0.4 is 15.8 Å². The number of carbonyl (C=O) groups is 2. The maximum Gasteiger partial charge on any atom is 0.241 e. The number of rotatable bonds is 7. The molecular formula is C17H27ClN4O4S. The van der Waals surface area contributed by atoms with Crippen molar-refractivity contribution < 1.29 is 18.0 Å². The van der Waals surface area contributed by atoms with E-state index in [1.807, 2.05) is 6.92 Å². The average molecular weight is 419 g/mol. The van der Waals surface area contributed by atoms with Crippen molar-refractivity contribution in [2.75, 3.05) is 32.7 Å². The van der Waals surface area contributed by atoms with E-state index in [9.17, 15) is 18.0 Å². The topological polar surface area (TPSA) is 122 Å². The van der Waals surface area contributed by atoms with Gasteiger partial charge in [-0.2, -0.15) is 0 Å². The minimum atomic E-state index is -3.56. The summed E-state index contributed by atoms with van der Waals surface area (Å²) in [6, 6.07) is 6.67. The van der Waals surface area contributed by atoms with E-state index in [4.69, 9.17) is 5.73 Å². The van der Waals surface area contributed by atoms with Gasteiger partial charge in [0.05, 0.1) is 18.0 Å². The second-order valence-electron chi connectivity index (χ2n) is 6.49. The van der Waals surface area contributed by atoms with Gasteiger partial charge < -0.3 is 16.0 Å². The van der Waals surface area contributed by atoms with Crippen molar-refractivity contribution in [2.24, 2.45) is 11.7 Å². The van der Waals surface area contributed by atoms with Gasteiger partial charge in [-0.3, -0.25) is 9.59 Å². The zero-order chi connectivity index (χ0) is 19.2. The van der Waals surface area contributed by atoms with Gasteiger partial charge in [0.15, 0.2) is 0 Å². The standard InChI is InChI=1S/C17H26N4O4S.ClH/c1-13-4-6-15(7-5-13)26(24,25)20-10-14-3-2-8-21(12-14)17(23)11-19-16(22)9-18;/h4-7,14,20H,2-3,8-12,18H2,1H3,(H,19,22);1H. The zero-order valence-electron chi connectivity index (χ0n) is 15.3. The fourth-order valence-corrected chi connectivity index (χ4v) is 3.96. The molecule has 4 N–H and O–H groups in total. The zero-order valence-corrected chi connectivity index (χ0v) is 16.9. The highest BCUT2D eigenvalue weighted by Crippen LogP contribution is 2.17. The molecule has 0 radical (unpaired) electrons. The summed E-state index contributed by atoms with van der Waals surface area (Å²) in [6.45, 7) is 3.00. The van der Waals surface area contributed by atoms with Gasteiger partial charge in [0, 0.05) is 19.6 Å². The molecule has 0 bridgehead atoms. The van der Waals surface area contributed by atoms with Gasteiger partial charge in [-0.05, 0) is 37.8 Å². The average Bonchev–Trinajstić information content (AvgIpc) is 2.64. The van der Waals surface area contributed by atoms with E-state index in [1.165, 1.54) is 0 Å². The number of likely N-dealkylation sites (tertiary alicyclic amines) is 1. The number of nitrogens with one attached hydrogen (secondary N) is 2. The molecule has 0 saturated carbocycles. The summed E-state index contributed by atoms with van der Waals surface area (Å²) < 4.78 is 27.4. The smallest absolute Gasteiger partial charge is 0.241 e. The van der Waals surface area contributed by atoms with Crippen molar-refractivity contribution >= 4 is 34.2 Å². The highest BCUT2D eigenvalue weighted by molar-refractivity contribution is 7.89. The molecule has 1 aromatic rings. The number of carbonyl (C=O) groups excluding carboxylic acids is 2. The summed E-state index contributed by atoms with van der Waals surface area (Å²) in [5.41, 5.74) is 6.19. The largest absolute Gasteiger partial charge is 0.346 e. The second-order valence-corrected chi connectivity index (χ2v) is 8.26. The normalized spacial score (nSPS) is 17.1. The quantitative estimate of drug-likeness (QED) is 0.575. The van der Waals surface area contributed by atoms with Crippen LogP contribution in [0.2, 0.25) is 0 Å². The predicted octanol–water partition coefficient (Wildman–Crippen LogP) is 0.00862. The van der Waals surface area contributed by atoms with E-state index in [0.717, 1.165) is 18.4 Å². The summed E-state index contributed by atoms with van der Waals surface area (Å²) in [4.78, 5) is 25.2. The number of halogens is 1. The van der Waals surface area contributed by atoms with E-state index in [1.54, 1.807) is 29.2 Å². The van der Waals surface area contributed by atoms with Crippen molar-refractivity contribution in [1.82, 2.24) is 14.9 Å². The summed E-state index contributed by atoms with van der Waals surface area (Å²) in [6.07, 6.45) is 1.64. The highest BCUT2D eigenvalue weighted by atomic mass is 35.5. The lowest BCUT2D eigenvalue weighted by Crippen LogP contribution is -2.47. The van der Waals surface area contributed by atoms with Gasteiger partial charge in [0.25, 0.3) is 0 Å². The van der Waals surface area contributed by atoms with Gasteiger partial charge in [0.2, 0.25) is 21.8 Å². The van der Waals surface area contributed by atoms with Crippen LogP contribution in [-0.2, 0) is 19.6 Å². The Hall–Kier alpha value is -1.68. The number of benzene rings is 1. The number of nitrogens with two attached hydrogens (primary N) is 1. The first kappa shape index (κ1) is 23.4. The Kier molecular flexibility index (Phi) is 9.17. The first-order valence-corrected chi connectivity index (χ1v) is 10.1. The van der Waals surface area contributed by atoms with E-state index < -0.39 is 10.0 Å². The number of piperidine rings is 1. The Balaban J connectivity index is 0.00000364. The molecule has 2 amide bonds. The summed E-state index contributed by atoms with van der Waals surface area (Å²) in [5, 5.41) is 2.46. The maximum atomic E-state index is 12.4. The van der Waals surface area contributed by atoms with E-state index in [0.29, 0.717) is 13.1 Å². The lowest BCUT2D eigenvalue weighted by molar-refractivity contribution is -0.134. The number of amides is 2. The molecule has 1 heterocycles. The molecule has 2 rings (SSSR count). The fourth-order valence-electron chi connectivity index (χ4n) is 2.84. The molecule has 8 nitrogen and oxygen atoms in total. The highest BCUT2D eigenvalue weighted by Gasteiger charge is 2.25. The Bertz CT molecular complexity index is 740. The molecule has 1 aliphatic heterocycles. The molecule has 27 heavy (non-hydrogen) atoms. The van der Waals surface area contributed by atoms with Crippen LogP contribution in [0.4, 0.5) is 0 Å². The molecule has 10 heteroatoms. The molecule has 0 aromatic heterocycles. The molecule has 1 aromatic carbocycles. The second kappa shape index (κ2) is 10.6. The monoisotopic (exact) mass is 418 g/mol. The fraction of sp³-hybridized carbons (Fsp3) is 0.529. The number of sulfonamides is 1. The lowest BCUT2D eigenvalue weighted by atomic mass is 9.98. The third kappa shape index (κ3) is 7.10. The van der Waals surface area contributed by atoms with Crippen LogP contribution in [0.25, 0.3) is 0 Å². The van der Waals surface area contributed by atoms with Gasteiger partial charge >= 0.3 is 0 Å². The predicted molar refractivity (Wildman–Crippen MR) is 105 cm³/mol. The van der Waals surface area contributed by atoms with E-state index >= 15 is 0 Å². The third-order valence-electron chi connectivity index (χ3n) is 4.39. The minimum Gasteiger partial charge on any atom is -0.346 e. The van der Waals surface area contributed by atoms with Crippen molar-refractivity contribution in [1.29, 1.82) is 0 Å². The van der Waals surface area contributed by atoms with Crippen LogP contribution in [0.5, 0.6) is 0 Å². The molecule has 152 valence electrons. The molecule has 0 aliphatic carbocycles. The molecule has 1 saturated heterocycles. The van der Waals surface area contributed by atoms with Crippen LogP contribution in [0.1, 0.15) is 18.4 Å². The van der Waals surface area contributed by atoms with Crippen LogP contribution >= 0.6 is 12.4 Å². The van der Waals surface area contributed by atoms with Crippen LogP contribution in [0, 0.1) is 12.8 Å². The van der Waals surface area contributed by atoms with Crippen LogP contribution in [-0.4, -0.2) is 57.9 Å². The third-order valence-corrected chi connectivity index (χ3v) is 5.83. The van der Waals surface area contributed by atoms with Crippen molar-refractivity contribution in [3.05, 3.63) is 29.8 Å². The molecule has 1 unspecified atom stereocenters. The Labute approximate surface area is 166 Å². The van der Waals surface area contributed by atoms with Crippen molar-refractivity contribution in [2.45, 2.75) is 24.7 Å². The Morgan fingerprint density at radius 2 is 1.93 bits per heavy atom. The molecular weight excluding hydrogens is 392 g/mol. The number of hydrogen-bond acceptors (Lipinski definition) is 5. The Morgan fingerprint density at radius 3 is 2.56 bits per heavy atom. The van der Waals surface area contributed by atoms with Crippen molar-refractivity contribution in [3.8, 4) is 0 Å². The SMILES string of the molecule is Cc1ccc(S(=O)(=O)NCC2CCCN(C(=O)CNC(=O)CN)C2)cc1.Cl. The van der Waals surface area contributed by atoms with E-state index in [2.05, 4.69) is 10.0 Å². The summed E-state index contributed by atoms with van der Waals surface area (Å²) in [7, 11) is -3.56. The Morgan fingerprint density at radius 1 is 1.26 bits per heavy atom. The summed E-state index contributed by atoms with van der Waals surface area (Å²) >= 11 is 0. The number of nitrogens with zero attached hydrogens (tertiary/aromatic N) is 1. The molecule has 0 spiro atoms.